The molecule has 1 N–H and O–H groups in total. The average Bonchev–Trinajstić information content (AvgIpc) is 1.85. The van der Waals surface area contributed by atoms with E-state index in [9.17, 15) is 4.79 Å². The molecule has 0 aliphatic heterocycles. The van der Waals surface area contributed by atoms with Gasteiger partial charge in [0.25, 0.3) is 0 Å². The third-order valence-corrected chi connectivity index (χ3v) is 0.973. The molecule has 0 rings (SSSR count). The van der Waals surface area contributed by atoms with E-state index < -0.39 is 0 Å². The van der Waals surface area contributed by atoms with Gasteiger partial charge >= 0.3 is 0 Å². The summed E-state index contributed by atoms with van der Waals surface area (Å²) in [4.78, 5) is 15.0. The molecule has 0 radical (unpaired) electrons. The van der Waals surface area contributed by atoms with E-state index in [1.807, 2.05) is 6.92 Å². The quantitative estimate of drug-likeness (QED) is 0.574. The van der Waals surface area contributed by atoms with E-state index in [0.29, 0.717) is 6.42 Å². The number of nitrogens with one attached hydrogen (secondary N) is 1. The van der Waals surface area contributed by atoms with Crippen LogP contribution in [0.15, 0.2) is 0 Å². The van der Waals surface area contributed by atoms with E-state index >= 15 is 0 Å². The van der Waals surface area contributed by atoms with E-state index in [1.165, 1.54) is 7.11 Å². The summed E-state index contributed by atoms with van der Waals surface area (Å²) < 4.78 is 0. The largest absolute Gasteiger partial charge is 0.277 e. The number of amides is 1. The SMILES string of the molecule is CCCCC(=O)NOC. The second-order valence-electron chi connectivity index (χ2n) is 1.83. The van der Waals surface area contributed by atoms with Crippen LogP contribution in [-0.2, 0) is 9.63 Å². The number of unbranched alkanes of at least 4 members (excludes halogenated alkanes) is 1. The first-order chi connectivity index (χ1) is 4.31. The van der Waals surface area contributed by atoms with Gasteiger partial charge in [-0.3, -0.25) is 9.63 Å². The van der Waals surface area contributed by atoms with Crippen LogP contribution in [0, 0.1) is 0 Å². The van der Waals surface area contributed by atoms with E-state index in [4.69, 9.17) is 0 Å². The van der Waals surface area contributed by atoms with Crippen LogP contribution in [0.5, 0.6) is 0 Å². The van der Waals surface area contributed by atoms with Crippen LogP contribution in [0.2, 0.25) is 0 Å². The Kier molecular flexibility index (Phi) is 5.21. The third kappa shape index (κ3) is 5.30. The first-order valence-corrected chi connectivity index (χ1v) is 3.13. The molecule has 0 saturated carbocycles. The van der Waals surface area contributed by atoms with Crippen molar-refractivity contribution in [1.82, 2.24) is 5.48 Å². The predicted octanol–water partition coefficient (Wildman–Crippen LogP) is 0.854. The van der Waals surface area contributed by atoms with Crippen molar-refractivity contribution in [3.05, 3.63) is 0 Å². The van der Waals surface area contributed by atoms with Gasteiger partial charge in [-0.2, -0.15) is 0 Å². The summed E-state index contributed by atoms with van der Waals surface area (Å²) in [5, 5.41) is 0. The molecule has 54 valence electrons. The van der Waals surface area contributed by atoms with E-state index in [1.54, 1.807) is 0 Å². The zero-order valence-electron chi connectivity index (χ0n) is 5.94. The summed E-state index contributed by atoms with van der Waals surface area (Å²) in [5.41, 5.74) is 2.24. The highest BCUT2D eigenvalue weighted by atomic mass is 16.6. The standard InChI is InChI=1S/C6H13NO2/c1-3-4-5-6(8)7-9-2/h3-5H2,1-2H3,(H,7,8). The van der Waals surface area contributed by atoms with Gasteiger partial charge in [-0.05, 0) is 6.42 Å². The molecule has 0 bridgehead atoms. The molecule has 0 unspecified atom stereocenters. The Morgan fingerprint density at radius 2 is 2.33 bits per heavy atom. The summed E-state index contributed by atoms with van der Waals surface area (Å²) in [6, 6.07) is 0. The summed E-state index contributed by atoms with van der Waals surface area (Å²) in [5.74, 6) is -0.0423. The molecule has 0 aromatic carbocycles. The van der Waals surface area contributed by atoms with Crippen molar-refractivity contribution in [3.63, 3.8) is 0 Å². The minimum atomic E-state index is -0.0423. The summed E-state index contributed by atoms with van der Waals surface area (Å²) >= 11 is 0. The van der Waals surface area contributed by atoms with Crippen LogP contribution in [0.3, 0.4) is 0 Å². The summed E-state index contributed by atoms with van der Waals surface area (Å²) in [7, 11) is 1.43. The van der Waals surface area contributed by atoms with Crippen molar-refractivity contribution in [2.75, 3.05) is 7.11 Å². The number of carbonyl (C=O) groups is 1. The zero-order valence-corrected chi connectivity index (χ0v) is 5.94. The number of hydrogen-bond acceptors (Lipinski definition) is 2. The van der Waals surface area contributed by atoms with Crippen LogP contribution >= 0.6 is 0 Å². The van der Waals surface area contributed by atoms with Crippen LogP contribution < -0.4 is 5.48 Å². The predicted molar refractivity (Wildman–Crippen MR) is 34.7 cm³/mol. The minimum Gasteiger partial charge on any atom is -0.277 e. The lowest BCUT2D eigenvalue weighted by atomic mass is 10.2. The van der Waals surface area contributed by atoms with Gasteiger partial charge in [-0.1, -0.05) is 13.3 Å². The van der Waals surface area contributed by atoms with Gasteiger partial charge in [0.2, 0.25) is 5.91 Å². The number of carbonyl (C=O) groups excluding carboxylic acids is 1. The zero-order chi connectivity index (χ0) is 7.11. The molecule has 0 fully saturated rings. The van der Waals surface area contributed by atoms with Crippen LogP contribution in [0.4, 0.5) is 0 Å². The molecule has 3 nitrogen and oxygen atoms in total. The van der Waals surface area contributed by atoms with Crippen molar-refractivity contribution < 1.29 is 9.63 Å². The van der Waals surface area contributed by atoms with Gasteiger partial charge in [0.1, 0.15) is 0 Å². The van der Waals surface area contributed by atoms with Gasteiger partial charge in [-0.15, -0.1) is 0 Å². The second-order valence-corrected chi connectivity index (χ2v) is 1.83. The lowest BCUT2D eigenvalue weighted by molar-refractivity contribution is -0.131. The Hall–Kier alpha value is -0.570. The molecule has 3 heteroatoms. The first kappa shape index (κ1) is 8.43. The molecule has 0 aliphatic rings. The Bertz CT molecular complexity index is 83.1. The van der Waals surface area contributed by atoms with E-state index in [-0.39, 0.29) is 5.91 Å². The van der Waals surface area contributed by atoms with Crippen molar-refractivity contribution in [1.29, 1.82) is 0 Å². The molecular weight excluding hydrogens is 118 g/mol. The highest BCUT2D eigenvalue weighted by Gasteiger charge is 1.95. The number of rotatable bonds is 4. The third-order valence-electron chi connectivity index (χ3n) is 0.973. The van der Waals surface area contributed by atoms with Crippen LogP contribution in [0.1, 0.15) is 26.2 Å². The molecule has 0 saturated heterocycles. The number of hydrogen-bond donors (Lipinski definition) is 1. The normalized spacial score (nSPS) is 9.11. The maximum absolute atomic E-state index is 10.6. The highest BCUT2D eigenvalue weighted by Crippen LogP contribution is 1.91. The van der Waals surface area contributed by atoms with Gasteiger partial charge in [-0.25, -0.2) is 5.48 Å². The molecular formula is C6H13NO2. The second kappa shape index (κ2) is 5.56. The van der Waals surface area contributed by atoms with Crippen molar-refractivity contribution >= 4 is 5.91 Å². The summed E-state index contributed by atoms with van der Waals surface area (Å²) in [6.45, 7) is 2.04. The Labute approximate surface area is 55.3 Å². The Balaban J connectivity index is 3.06. The summed E-state index contributed by atoms with van der Waals surface area (Å²) in [6.07, 6.45) is 2.52. The monoisotopic (exact) mass is 131 g/mol. The minimum absolute atomic E-state index is 0.0423. The van der Waals surface area contributed by atoms with Gasteiger partial charge in [0, 0.05) is 6.42 Å². The number of hydroxylamine groups is 1. The Morgan fingerprint density at radius 1 is 1.67 bits per heavy atom. The smallest absolute Gasteiger partial charge is 0.243 e. The van der Waals surface area contributed by atoms with Crippen molar-refractivity contribution in [2.24, 2.45) is 0 Å². The molecule has 0 heterocycles. The highest BCUT2D eigenvalue weighted by molar-refractivity contribution is 5.74. The van der Waals surface area contributed by atoms with Crippen LogP contribution in [0.25, 0.3) is 0 Å². The molecule has 0 atom stereocenters. The molecule has 0 aromatic rings. The fourth-order valence-electron chi connectivity index (χ4n) is 0.502. The fraction of sp³-hybridized carbons (Fsp3) is 0.833. The topological polar surface area (TPSA) is 38.3 Å². The van der Waals surface area contributed by atoms with E-state index in [0.717, 1.165) is 12.8 Å². The van der Waals surface area contributed by atoms with Gasteiger partial charge < -0.3 is 0 Å². The molecule has 0 aliphatic carbocycles. The van der Waals surface area contributed by atoms with Crippen molar-refractivity contribution in [3.8, 4) is 0 Å². The Morgan fingerprint density at radius 3 is 2.78 bits per heavy atom. The van der Waals surface area contributed by atoms with E-state index in [2.05, 4.69) is 10.3 Å². The van der Waals surface area contributed by atoms with Gasteiger partial charge in [0.15, 0.2) is 0 Å². The lowest BCUT2D eigenvalue weighted by Gasteiger charge is -1.98. The maximum atomic E-state index is 10.6. The maximum Gasteiger partial charge on any atom is 0.243 e. The fourth-order valence-corrected chi connectivity index (χ4v) is 0.502. The van der Waals surface area contributed by atoms with Crippen LogP contribution in [-0.4, -0.2) is 13.0 Å². The average molecular weight is 131 g/mol. The van der Waals surface area contributed by atoms with Crippen molar-refractivity contribution in [2.45, 2.75) is 26.2 Å². The lowest BCUT2D eigenvalue weighted by Crippen LogP contribution is -2.20. The first-order valence-electron chi connectivity index (χ1n) is 3.13. The molecule has 0 spiro atoms. The molecule has 1 amide bonds. The van der Waals surface area contributed by atoms with Gasteiger partial charge in [0.05, 0.1) is 7.11 Å². The molecule has 9 heavy (non-hydrogen) atoms. The molecule has 0 aromatic heterocycles.